The van der Waals surface area contributed by atoms with Crippen LogP contribution in [0.25, 0.3) is 0 Å². The van der Waals surface area contributed by atoms with Crippen molar-refractivity contribution in [1.29, 1.82) is 0 Å². The van der Waals surface area contributed by atoms with Gasteiger partial charge in [0.1, 0.15) is 5.75 Å². The predicted octanol–water partition coefficient (Wildman–Crippen LogP) is 5.32. The van der Waals surface area contributed by atoms with Crippen LogP contribution in [0.3, 0.4) is 0 Å². The molecule has 3 aromatic carbocycles. The molecule has 1 aromatic heterocycles. The molecule has 31 heavy (non-hydrogen) atoms. The van der Waals surface area contributed by atoms with Gasteiger partial charge in [-0.3, -0.25) is 0 Å². The molecule has 0 saturated heterocycles. The van der Waals surface area contributed by atoms with Crippen molar-refractivity contribution in [2.75, 3.05) is 5.73 Å². The van der Waals surface area contributed by atoms with Crippen LogP contribution < -0.4 is 10.5 Å². The number of esters is 1. The van der Waals surface area contributed by atoms with E-state index in [1.165, 1.54) is 5.38 Å². The van der Waals surface area contributed by atoms with Crippen LogP contribution in [0.1, 0.15) is 34.3 Å². The maximum Gasteiger partial charge on any atom is 0.346 e. The number of aromatic nitrogens is 1. The maximum absolute atomic E-state index is 12.8. The third-order valence-corrected chi connectivity index (χ3v) is 5.55. The van der Waals surface area contributed by atoms with Gasteiger partial charge in [0, 0.05) is 16.9 Å². The molecule has 4 aromatic rings. The van der Waals surface area contributed by atoms with Gasteiger partial charge in [-0.1, -0.05) is 78.9 Å². The number of nitrogen functional groups attached to an aromatic ring is 1. The number of nitrogens with two attached hydrogens (primary N) is 1. The van der Waals surface area contributed by atoms with E-state index < -0.39 is 12.0 Å². The van der Waals surface area contributed by atoms with Gasteiger partial charge in [0.25, 0.3) is 0 Å². The molecule has 1 atom stereocenters. The SMILES string of the molecule is Nc1nc(C(N=O)C(=O)Oc2ccccc2C(c2ccccc2)c2ccccc2)cs1. The first kappa shape index (κ1) is 20.4. The van der Waals surface area contributed by atoms with E-state index >= 15 is 0 Å². The van der Waals surface area contributed by atoms with Crippen LogP contribution in [0.2, 0.25) is 0 Å². The number of nitroso groups, excluding NO2 is 1. The Labute approximate surface area is 183 Å². The van der Waals surface area contributed by atoms with E-state index in [1.54, 1.807) is 12.1 Å². The zero-order valence-electron chi connectivity index (χ0n) is 16.4. The molecule has 1 heterocycles. The number of thiazole rings is 1. The first-order chi connectivity index (χ1) is 15.2. The average molecular weight is 430 g/mol. The number of carbonyl (C=O) groups is 1. The minimum atomic E-state index is -1.38. The normalized spacial score (nSPS) is 11.8. The summed E-state index contributed by atoms with van der Waals surface area (Å²) in [4.78, 5) is 28.2. The highest BCUT2D eigenvalue weighted by Gasteiger charge is 2.28. The molecule has 7 heteroatoms. The van der Waals surface area contributed by atoms with Crippen molar-refractivity contribution in [2.45, 2.75) is 12.0 Å². The highest BCUT2D eigenvalue weighted by Crippen LogP contribution is 2.37. The Balaban J connectivity index is 1.73. The van der Waals surface area contributed by atoms with E-state index in [2.05, 4.69) is 10.2 Å². The van der Waals surface area contributed by atoms with Gasteiger partial charge < -0.3 is 10.5 Å². The number of rotatable bonds is 7. The first-order valence-corrected chi connectivity index (χ1v) is 10.5. The molecule has 6 nitrogen and oxygen atoms in total. The number of hydrogen-bond acceptors (Lipinski definition) is 7. The van der Waals surface area contributed by atoms with Gasteiger partial charge in [-0.15, -0.1) is 16.2 Å². The standard InChI is InChI=1S/C24H19N3O3S/c25-24-26-19(15-31-24)22(27-29)23(28)30-20-14-8-7-13-18(20)21(16-9-3-1-4-10-16)17-11-5-2-6-12-17/h1-15,21-22H,(H2,25,26). The van der Waals surface area contributed by atoms with Crippen molar-refractivity contribution in [3.63, 3.8) is 0 Å². The molecular formula is C24H19N3O3S. The van der Waals surface area contributed by atoms with Crippen molar-refractivity contribution in [2.24, 2.45) is 5.18 Å². The Morgan fingerprint density at radius 3 is 2.03 bits per heavy atom. The molecule has 0 bridgehead atoms. The van der Waals surface area contributed by atoms with E-state index in [9.17, 15) is 9.70 Å². The second kappa shape index (κ2) is 9.32. The highest BCUT2D eigenvalue weighted by atomic mass is 32.1. The molecule has 154 valence electrons. The van der Waals surface area contributed by atoms with Crippen LogP contribution in [0, 0.1) is 4.91 Å². The second-order valence-electron chi connectivity index (χ2n) is 6.83. The van der Waals surface area contributed by atoms with Crippen LogP contribution in [0.5, 0.6) is 5.75 Å². The van der Waals surface area contributed by atoms with Crippen LogP contribution in [0.4, 0.5) is 5.13 Å². The van der Waals surface area contributed by atoms with Crippen LogP contribution in [-0.2, 0) is 4.79 Å². The predicted molar refractivity (Wildman–Crippen MR) is 121 cm³/mol. The summed E-state index contributed by atoms with van der Waals surface area (Å²) in [7, 11) is 0. The molecule has 0 saturated carbocycles. The van der Waals surface area contributed by atoms with Crippen LogP contribution >= 0.6 is 11.3 Å². The van der Waals surface area contributed by atoms with Gasteiger partial charge >= 0.3 is 5.97 Å². The number of nitrogens with zero attached hydrogens (tertiary/aromatic N) is 2. The smallest absolute Gasteiger partial charge is 0.346 e. The Bertz CT molecular complexity index is 1140. The van der Waals surface area contributed by atoms with E-state index in [1.807, 2.05) is 72.8 Å². The number of hydrogen-bond donors (Lipinski definition) is 1. The fourth-order valence-corrected chi connectivity index (χ4v) is 4.04. The molecule has 1 unspecified atom stereocenters. The summed E-state index contributed by atoms with van der Waals surface area (Å²) in [5, 5.41) is 4.71. The summed E-state index contributed by atoms with van der Waals surface area (Å²) in [5.74, 6) is -0.598. The van der Waals surface area contributed by atoms with Gasteiger partial charge in [0.2, 0.25) is 6.04 Å². The lowest BCUT2D eigenvalue weighted by molar-refractivity contribution is -0.136. The number of ether oxygens (including phenoxy) is 1. The third kappa shape index (κ3) is 4.51. The Morgan fingerprint density at radius 2 is 1.48 bits per heavy atom. The number of benzene rings is 3. The Kier molecular flexibility index (Phi) is 6.14. The lowest BCUT2D eigenvalue weighted by atomic mass is 9.85. The molecule has 0 aliphatic carbocycles. The zero-order valence-corrected chi connectivity index (χ0v) is 17.2. The molecule has 0 aliphatic rings. The number of anilines is 1. The van der Waals surface area contributed by atoms with Gasteiger partial charge in [-0.05, 0) is 22.4 Å². The van der Waals surface area contributed by atoms with Crippen molar-refractivity contribution >= 4 is 22.4 Å². The molecule has 4 rings (SSSR count). The van der Waals surface area contributed by atoms with Gasteiger partial charge in [-0.25, -0.2) is 9.78 Å². The summed E-state index contributed by atoms with van der Waals surface area (Å²) in [6.45, 7) is 0. The summed E-state index contributed by atoms with van der Waals surface area (Å²) < 4.78 is 5.68. The monoisotopic (exact) mass is 429 g/mol. The van der Waals surface area contributed by atoms with Crippen molar-refractivity contribution < 1.29 is 9.53 Å². The first-order valence-electron chi connectivity index (χ1n) is 9.61. The van der Waals surface area contributed by atoms with E-state index in [-0.39, 0.29) is 16.7 Å². The minimum Gasteiger partial charge on any atom is -0.424 e. The molecule has 0 radical (unpaired) electrons. The number of carbonyl (C=O) groups excluding carboxylic acids is 1. The minimum absolute atomic E-state index is 0.163. The summed E-state index contributed by atoms with van der Waals surface area (Å²) in [5.41, 5.74) is 8.71. The van der Waals surface area contributed by atoms with Crippen molar-refractivity contribution in [3.05, 3.63) is 118 Å². The lowest BCUT2D eigenvalue weighted by Gasteiger charge is -2.21. The topological polar surface area (TPSA) is 94.6 Å². The molecule has 2 N–H and O–H groups in total. The fraction of sp³-hybridized carbons (Fsp3) is 0.0833. The molecule has 0 amide bonds. The van der Waals surface area contributed by atoms with Crippen molar-refractivity contribution in [1.82, 2.24) is 4.98 Å². The molecule has 0 aliphatic heterocycles. The largest absolute Gasteiger partial charge is 0.424 e. The van der Waals surface area contributed by atoms with E-state index in [4.69, 9.17) is 10.5 Å². The Morgan fingerprint density at radius 1 is 0.903 bits per heavy atom. The molecule has 0 fully saturated rings. The summed E-state index contributed by atoms with van der Waals surface area (Å²) >= 11 is 1.13. The quantitative estimate of drug-likeness (QED) is 0.186. The molecule has 0 spiro atoms. The highest BCUT2D eigenvalue weighted by molar-refractivity contribution is 7.13. The zero-order chi connectivity index (χ0) is 21.6. The van der Waals surface area contributed by atoms with Crippen LogP contribution in [0.15, 0.2) is 95.5 Å². The van der Waals surface area contributed by atoms with Gasteiger partial charge in [0.15, 0.2) is 5.13 Å². The van der Waals surface area contributed by atoms with Crippen molar-refractivity contribution in [3.8, 4) is 5.75 Å². The average Bonchev–Trinajstić information content (AvgIpc) is 3.23. The number of para-hydroxylation sites is 1. The Hall–Kier alpha value is -3.84. The van der Waals surface area contributed by atoms with Gasteiger partial charge in [-0.2, -0.15) is 0 Å². The van der Waals surface area contributed by atoms with E-state index in [0.717, 1.165) is 28.0 Å². The second-order valence-corrected chi connectivity index (χ2v) is 7.72. The summed E-state index contributed by atoms with van der Waals surface area (Å²) in [6, 6.07) is 25.8. The lowest BCUT2D eigenvalue weighted by Crippen LogP contribution is -2.19. The van der Waals surface area contributed by atoms with Crippen LogP contribution in [-0.4, -0.2) is 11.0 Å². The summed E-state index contributed by atoms with van der Waals surface area (Å²) in [6.07, 6.45) is 0. The maximum atomic E-state index is 12.8. The van der Waals surface area contributed by atoms with Gasteiger partial charge in [0.05, 0.1) is 5.69 Å². The third-order valence-electron chi connectivity index (χ3n) is 4.85. The van der Waals surface area contributed by atoms with E-state index in [0.29, 0.717) is 5.75 Å². The molecular weight excluding hydrogens is 410 g/mol. The fourth-order valence-electron chi connectivity index (χ4n) is 3.46.